The zero-order chi connectivity index (χ0) is 23.1. The zero-order valence-electron chi connectivity index (χ0n) is 18.1. The van der Waals surface area contributed by atoms with Crippen LogP contribution < -0.4 is 20.7 Å². The normalized spacial score (nSPS) is 20.1. The van der Waals surface area contributed by atoms with Gasteiger partial charge in [-0.1, -0.05) is 5.16 Å². The summed E-state index contributed by atoms with van der Waals surface area (Å²) in [5, 5.41) is 5.99. The van der Waals surface area contributed by atoms with Gasteiger partial charge in [0.05, 0.1) is 35.2 Å². The minimum atomic E-state index is -4.58. The van der Waals surface area contributed by atoms with Crippen LogP contribution in [0.4, 0.5) is 18.9 Å². The van der Waals surface area contributed by atoms with E-state index in [1.165, 1.54) is 13.3 Å². The number of pyridine rings is 1. The van der Waals surface area contributed by atoms with Crippen molar-refractivity contribution < 1.29 is 27.2 Å². The molecule has 1 saturated heterocycles. The molecule has 1 aliphatic heterocycles. The van der Waals surface area contributed by atoms with Crippen molar-refractivity contribution in [3.8, 4) is 17.0 Å². The van der Waals surface area contributed by atoms with Crippen molar-refractivity contribution in [3.05, 3.63) is 23.2 Å². The average molecular weight is 441 g/mol. The predicted molar refractivity (Wildman–Crippen MR) is 108 cm³/mol. The molecule has 11 heteroatoms. The largest absolute Gasteiger partial charge is 0.480 e. The van der Waals surface area contributed by atoms with Gasteiger partial charge >= 0.3 is 6.18 Å². The lowest BCUT2D eigenvalue weighted by molar-refractivity contribution is -0.149. The standard InChI is InChI=1S/C20H26F3N5O3/c1-10-14(11(2)31-27-10)15-16(28-7-6-19(4,24)9-28)13(8-25-18(15)30-5)17(29)26-12(3)20(21,22)23/h8,12H,6-7,9,24H2,1-5H3,(H,26,29)/t12?,19-/m0/s1. The Balaban J connectivity index is 2.22. The van der Waals surface area contributed by atoms with Crippen molar-refractivity contribution in [1.82, 2.24) is 15.5 Å². The number of carbonyl (C=O) groups is 1. The van der Waals surface area contributed by atoms with Crippen LogP contribution >= 0.6 is 0 Å². The second-order valence-electron chi connectivity index (χ2n) is 8.17. The predicted octanol–water partition coefficient (Wildman–Crippen LogP) is 2.97. The van der Waals surface area contributed by atoms with E-state index >= 15 is 0 Å². The molecule has 0 spiro atoms. The average Bonchev–Trinajstić information content (AvgIpc) is 3.20. The van der Waals surface area contributed by atoms with Crippen molar-refractivity contribution in [2.75, 3.05) is 25.1 Å². The van der Waals surface area contributed by atoms with E-state index in [9.17, 15) is 18.0 Å². The molecule has 1 aliphatic rings. The number of nitrogens with zero attached hydrogens (tertiary/aromatic N) is 3. The van der Waals surface area contributed by atoms with Gasteiger partial charge in [0.25, 0.3) is 5.91 Å². The molecule has 3 N–H and O–H groups in total. The summed E-state index contributed by atoms with van der Waals surface area (Å²) >= 11 is 0. The van der Waals surface area contributed by atoms with E-state index in [-0.39, 0.29) is 11.4 Å². The molecule has 1 amide bonds. The summed E-state index contributed by atoms with van der Waals surface area (Å²) in [4.78, 5) is 19.0. The molecular weight excluding hydrogens is 415 g/mol. The van der Waals surface area contributed by atoms with Gasteiger partial charge in [-0.15, -0.1) is 0 Å². The first-order chi connectivity index (χ1) is 14.4. The summed E-state index contributed by atoms with van der Waals surface area (Å²) < 4.78 is 49.9. The van der Waals surface area contributed by atoms with Gasteiger partial charge < -0.3 is 25.2 Å². The van der Waals surface area contributed by atoms with Crippen molar-refractivity contribution >= 4 is 11.6 Å². The van der Waals surface area contributed by atoms with E-state index < -0.39 is 23.7 Å². The number of carbonyl (C=O) groups excluding carboxylic acids is 1. The quantitative estimate of drug-likeness (QED) is 0.735. The maximum Gasteiger partial charge on any atom is 0.408 e. The maximum absolute atomic E-state index is 13.1. The van der Waals surface area contributed by atoms with Crippen LogP contribution in [0.5, 0.6) is 5.88 Å². The molecule has 8 nitrogen and oxygen atoms in total. The smallest absolute Gasteiger partial charge is 0.408 e. The molecule has 3 rings (SSSR count). The number of nitrogens with one attached hydrogen (secondary N) is 1. The van der Waals surface area contributed by atoms with Crippen molar-refractivity contribution in [1.29, 1.82) is 0 Å². The number of hydrogen-bond acceptors (Lipinski definition) is 7. The Morgan fingerprint density at radius 3 is 2.55 bits per heavy atom. The Morgan fingerprint density at radius 2 is 2.06 bits per heavy atom. The molecule has 1 fully saturated rings. The third-order valence-electron chi connectivity index (χ3n) is 5.40. The van der Waals surface area contributed by atoms with Crippen LogP contribution in [0.15, 0.2) is 10.7 Å². The number of aromatic nitrogens is 2. The molecule has 2 atom stereocenters. The van der Waals surface area contributed by atoms with Crippen LogP contribution in [0.1, 0.15) is 42.1 Å². The van der Waals surface area contributed by atoms with Gasteiger partial charge in [-0.05, 0) is 34.1 Å². The monoisotopic (exact) mass is 441 g/mol. The molecule has 2 aromatic rings. The van der Waals surface area contributed by atoms with Crippen molar-refractivity contribution in [2.24, 2.45) is 5.73 Å². The molecule has 1 unspecified atom stereocenters. The number of nitrogens with two attached hydrogens (primary N) is 1. The van der Waals surface area contributed by atoms with Gasteiger partial charge in [0.15, 0.2) is 0 Å². The summed E-state index contributed by atoms with van der Waals surface area (Å²) in [5.41, 5.74) is 7.70. The number of halogens is 3. The number of ether oxygens (including phenoxy) is 1. The SMILES string of the molecule is COc1ncc(C(=O)NC(C)C(F)(F)F)c(N2CC[C@](C)(N)C2)c1-c1c(C)noc1C. The fraction of sp³-hybridized carbons (Fsp3) is 0.550. The zero-order valence-corrected chi connectivity index (χ0v) is 18.1. The van der Waals surface area contributed by atoms with Gasteiger partial charge in [-0.2, -0.15) is 13.2 Å². The molecule has 0 radical (unpaired) electrons. The number of rotatable bonds is 5. The number of amides is 1. The third kappa shape index (κ3) is 4.46. The molecule has 0 aromatic carbocycles. The first kappa shape index (κ1) is 22.9. The molecule has 0 bridgehead atoms. The Morgan fingerprint density at radius 1 is 1.39 bits per heavy atom. The Hall–Kier alpha value is -2.82. The summed E-state index contributed by atoms with van der Waals surface area (Å²) in [6.07, 6.45) is -2.72. The highest BCUT2D eigenvalue weighted by Crippen LogP contribution is 2.44. The first-order valence-electron chi connectivity index (χ1n) is 9.77. The molecule has 2 aromatic heterocycles. The number of alkyl halides is 3. The van der Waals surface area contributed by atoms with E-state index in [1.807, 2.05) is 17.1 Å². The van der Waals surface area contributed by atoms with Crippen LogP contribution in [0, 0.1) is 13.8 Å². The van der Waals surface area contributed by atoms with E-state index in [2.05, 4.69) is 10.1 Å². The second-order valence-corrected chi connectivity index (χ2v) is 8.17. The molecule has 3 heterocycles. The minimum absolute atomic E-state index is 0.00963. The van der Waals surface area contributed by atoms with Crippen LogP contribution in [0.3, 0.4) is 0 Å². The van der Waals surface area contributed by atoms with Crippen molar-refractivity contribution in [2.45, 2.75) is 51.9 Å². The van der Waals surface area contributed by atoms with Crippen LogP contribution in [-0.4, -0.2) is 54.0 Å². The lowest BCUT2D eigenvalue weighted by Crippen LogP contribution is -2.44. The van der Waals surface area contributed by atoms with Gasteiger partial charge in [0.2, 0.25) is 5.88 Å². The molecule has 170 valence electrons. The van der Waals surface area contributed by atoms with Gasteiger partial charge in [0.1, 0.15) is 11.8 Å². The highest BCUT2D eigenvalue weighted by atomic mass is 19.4. The highest BCUT2D eigenvalue weighted by Gasteiger charge is 2.39. The summed E-state index contributed by atoms with van der Waals surface area (Å²) in [5.74, 6) is -0.223. The fourth-order valence-corrected chi connectivity index (χ4v) is 3.73. The molecule has 0 saturated carbocycles. The number of anilines is 1. The summed E-state index contributed by atoms with van der Waals surface area (Å²) in [6, 6.07) is -2.03. The molecular formula is C20H26F3N5O3. The van der Waals surface area contributed by atoms with E-state index in [1.54, 1.807) is 13.8 Å². The van der Waals surface area contributed by atoms with Crippen LogP contribution in [-0.2, 0) is 0 Å². The molecule has 31 heavy (non-hydrogen) atoms. The van der Waals surface area contributed by atoms with Gasteiger partial charge in [-0.3, -0.25) is 4.79 Å². The van der Waals surface area contributed by atoms with Crippen LogP contribution in [0.25, 0.3) is 11.1 Å². The highest BCUT2D eigenvalue weighted by molar-refractivity contribution is 6.04. The lowest BCUT2D eigenvalue weighted by Gasteiger charge is -2.27. The topological polar surface area (TPSA) is 107 Å². The van der Waals surface area contributed by atoms with Crippen molar-refractivity contribution in [3.63, 3.8) is 0 Å². The lowest BCUT2D eigenvalue weighted by atomic mass is 9.99. The third-order valence-corrected chi connectivity index (χ3v) is 5.40. The van der Waals surface area contributed by atoms with Gasteiger partial charge in [-0.25, -0.2) is 4.98 Å². The van der Waals surface area contributed by atoms with Crippen LogP contribution in [0.2, 0.25) is 0 Å². The molecule has 0 aliphatic carbocycles. The van der Waals surface area contributed by atoms with Gasteiger partial charge in [0, 0.05) is 24.8 Å². The number of aryl methyl sites for hydroxylation is 2. The van der Waals surface area contributed by atoms with E-state index in [0.29, 0.717) is 47.8 Å². The first-order valence-corrected chi connectivity index (χ1v) is 9.77. The minimum Gasteiger partial charge on any atom is -0.480 e. The van der Waals surface area contributed by atoms with E-state index in [4.69, 9.17) is 15.0 Å². The Bertz CT molecular complexity index is 968. The fourth-order valence-electron chi connectivity index (χ4n) is 3.73. The number of methoxy groups -OCH3 is 1. The summed E-state index contributed by atoms with van der Waals surface area (Å²) in [7, 11) is 1.43. The summed E-state index contributed by atoms with van der Waals surface area (Å²) in [6.45, 7) is 7.10. The second kappa shape index (κ2) is 8.03. The number of hydrogen-bond donors (Lipinski definition) is 2. The Kier molecular flexibility index (Phi) is 5.92. The Labute approximate surface area is 177 Å². The van der Waals surface area contributed by atoms with E-state index in [0.717, 1.165) is 6.92 Å². The maximum atomic E-state index is 13.1.